The molecular formula is C21H25N7O2. The molecule has 0 spiro atoms. The van der Waals surface area contributed by atoms with Gasteiger partial charge in [0, 0.05) is 13.0 Å². The summed E-state index contributed by atoms with van der Waals surface area (Å²) in [5, 5.41) is 12.6. The molecule has 4 aromatic rings. The van der Waals surface area contributed by atoms with E-state index in [9.17, 15) is 9.59 Å². The number of hydrogen-bond donors (Lipinski definition) is 1. The molecule has 0 bridgehead atoms. The Kier molecular flexibility index (Phi) is 5.11. The Morgan fingerprint density at radius 1 is 1.03 bits per heavy atom. The molecule has 30 heavy (non-hydrogen) atoms. The maximum Gasteiger partial charge on any atom is 0.350 e. The molecule has 1 N–H and O–H groups in total. The van der Waals surface area contributed by atoms with Crippen LogP contribution in [0.2, 0.25) is 0 Å². The average molecular weight is 407 g/mol. The zero-order valence-corrected chi connectivity index (χ0v) is 17.6. The lowest BCUT2D eigenvalue weighted by Gasteiger charge is -2.05. The summed E-state index contributed by atoms with van der Waals surface area (Å²) in [6.07, 6.45) is 0.298. The second-order valence-corrected chi connectivity index (χ2v) is 7.58. The Morgan fingerprint density at radius 3 is 2.57 bits per heavy atom. The van der Waals surface area contributed by atoms with Gasteiger partial charge in [0.1, 0.15) is 11.6 Å². The van der Waals surface area contributed by atoms with E-state index in [2.05, 4.69) is 20.5 Å². The fraction of sp³-hybridized carbons (Fsp3) is 0.381. The Morgan fingerprint density at radius 2 is 1.83 bits per heavy atom. The molecule has 0 radical (unpaired) electrons. The van der Waals surface area contributed by atoms with Crippen molar-refractivity contribution in [1.29, 1.82) is 0 Å². The number of fused-ring (bicyclic) bond motifs is 3. The first-order chi connectivity index (χ1) is 14.3. The summed E-state index contributed by atoms with van der Waals surface area (Å²) in [6.45, 7) is 8.73. The van der Waals surface area contributed by atoms with Crippen LogP contribution in [0.1, 0.15) is 29.2 Å². The molecule has 4 rings (SSSR count). The molecule has 0 aliphatic heterocycles. The van der Waals surface area contributed by atoms with Gasteiger partial charge in [0.05, 0.1) is 18.6 Å². The van der Waals surface area contributed by atoms with E-state index < -0.39 is 0 Å². The number of aryl methyl sites for hydroxylation is 5. The van der Waals surface area contributed by atoms with E-state index in [4.69, 9.17) is 0 Å². The molecule has 3 heterocycles. The van der Waals surface area contributed by atoms with Crippen LogP contribution in [-0.2, 0) is 17.9 Å². The number of nitrogens with one attached hydrogen (secondary N) is 1. The predicted octanol–water partition coefficient (Wildman–Crippen LogP) is 1.68. The van der Waals surface area contributed by atoms with Crippen molar-refractivity contribution in [2.45, 2.75) is 47.2 Å². The molecule has 156 valence electrons. The van der Waals surface area contributed by atoms with E-state index in [0.29, 0.717) is 37.5 Å². The minimum absolute atomic E-state index is 0.100. The summed E-state index contributed by atoms with van der Waals surface area (Å²) in [5.41, 5.74) is 3.30. The van der Waals surface area contributed by atoms with Gasteiger partial charge < -0.3 is 5.32 Å². The molecule has 0 saturated carbocycles. The molecular weight excluding hydrogens is 382 g/mol. The van der Waals surface area contributed by atoms with Gasteiger partial charge >= 0.3 is 5.69 Å². The van der Waals surface area contributed by atoms with E-state index in [1.807, 2.05) is 52.0 Å². The third-order valence-corrected chi connectivity index (χ3v) is 5.15. The minimum atomic E-state index is -0.202. The second-order valence-electron chi connectivity index (χ2n) is 7.58. The topological polar surface area (TPSA) is 99.1 Å². The highest BCUT2D eigenvalue weighted by molar-refractivity contribution is 5.84. The number of carbonyl (C=O) groups is 1. The van der Waals surface area contributed by atoms with Gasteiger partial charge in [0.2, 0.25) is 5.91 Å². The van der Waals surface area contributed by atoms with Gasteiger partial charge in [-0.25, -0.2) is 23.5 Å². The van der Waals surface area contributed by atoms with Crippen LogP contribution in [0.4, 0.5) is 0 Å². The molecule has 0 fully saturated rings. The third-order valence-electron chi connectivity index (χ3n) is 5.15. The van der Waals surface area contributed by atoms with Crippen LogP contribution in [0.25, 0.3) is 16.6 Å². The largest absolute Gasteiger partial charge is 0.354 e. The second kappa shape index (κ2) is 7.74. The normalized spacial score (nSPS) is 11.5. The lowest BCUT2D eigenvalue weighted by molar-refractivity contribution is -0.121. The van der Waals surface area contributed by atoms with Crippen molar-refractivity contribution >= 4 is 22.5 Å². The van der Waals surface area contributed by atoms with E-state index >= 15 is 0 Å². The van der Waals surface area contributed by atoms with Crippen molar-refractivity contribution in [3.8, 4) is 0 Å². The quantitative estimate of drug-likeness (QED) is 0.524. The number of aromatic nitrogens is 6. The van der Waals surface area contributed by atoms with Crippen molar-refractivity contribution in [3.05, 3.63) is 57.5 Å². The van der Waals surface area contributed by atoms with Crippen LogP contribution in [0.15, 0.2) is 29.1 Å². The fourth-order valence-corrected chi connectivity index (χ4v) is 3.66. The molecule has 0 aliphatic carbocycles. The molecule has 0 atom stereocenters. The highest BCUT2D eigenvalue weighted by Gasteiger charge is 2.13. The van der Waals surface area contributed by atoms with Crippen LogP contribution in [0, 0.1) is 27.7 Å². The first kappa shape index (κ1) is 19.8. The highest BCUT2D eigenvalue weighted by Crippen LogP contribution is 2.19. The maximum absolute atomic E-state index is 13.0. The van der Waals surface area contributed by atoms with Gasteiger partial charge in [0.25, 0.3) is 0 Å². The number of benzene rings is 1. The number of hydrogen-bond acceptors (Lipinski definition) is 5. The molecule has 9 nitrogen and oxygen atoms in total. The lowest BCUT2D eigenvalue weighted by Crippen LogP contribution is -2.31. The summed E-state index contributed by atoms with van der Waals surface area (Å²) in [5.74, 6) is 1.38. The van der Waals surface area contributed by atoms with Crippen molar-refractivity contribution in [3.63, 3.8) is 0 Å². The number of carbonyl (C=O) groups excluding carboxylic acids is 1. The molecule has 0 saturated heterocycles. The molecule has 1 aromatic carbocycles. The number of rotatable bonds is 6. The molecule has 3 aromatic heterocycles. The van der Waals surface area contributed by atoms with E-state index in [1.165, 1.54) is 4.68 Å². The van der Waals surface area contributed by atoms with Crippen molar-refractivity contribution in [2.24, 2.45) is 0 Å². The zero-order valence-electron chi connectivity index (χ0n) is 17.6. The summed E-state index contributed by atoms with van der Waals surface area (Å²) < 4.78 is 4.78. The van der Waals surface area contributed by atoms with Crippen LogP contribution in [0.3, 0.4) is 0 Å². The summed E-state index contributed by atoms with van der Waals surface area (Å²) in [6, 6.07) is 8.07. The molecule has 1 amide bonds. The van der Waals surface area contributed by atoms with Crippen molar-refractivity contribution in [2.75, 3.05) is 6.54 Å². The van der Waals surface area contributed by atoms with Gasteiger partial charge in [-0.2, -0.15) is 5.10 Å². The fourth-order valence-electron chi connectivity index (χ4n) is 3.66. The van der Waals surface area contributed by atoms with Gasteiger partial charge in [-0.3, -0.25) is 4.79 Å². The zero-order chi connectivity index (χ0) is 21.4. The van der Waals surface area contributed by atoms with Crippen LogP contribution in [0.5, 0.6) is 0 Å². The van der Waals surface area contributed by atoms with Gasteiger partial charge in [-0.1, -0.05) is 12.1 Å². The maximum atomic E-state index is 13.0. The van der Waals surface area contributed by atoms with Crippen molar-refractivity contribution < 1.29 is 4.79 Å². The van der Waals surface area contributed by atoms with E-state index in [-0.39, 0.29) is 11.6 Å². The summed E-state index contributed by atoms with van der Waals surface area (Å²) in [4.78, 5) is 29.4. The first-order valence-corrected chi connectivity index (χ1v) is 9.98. The molecule has 0 aliphatic rings. The van der Waals surface area contributed by atoms with E-state index in [0.717, 1.165) is 27.9 Å². The van der Waals surface area contributed by atoms with E-state index in [1.54, 1.807) is 9.08 Å². The lowest BCUT2D eigenvalue weighted by atomic mass is 10.1. The Hall–Kier alpha value is -3.49. The monoisotopic (exact) mass is 407 g/mol. The number of nitrogens with zero attached hydrogens (tertiary/aromatic N) is 6. The van der Waals surface area contributed by atoms with Crippen LogP contribution in [-0.4, -0.2) is 41.4 Å². The Bertz CT molecular complexity index is 1310. The minimum Gasteiger partial charge on any atom is -0.354 e. The van der Waals surface area contributed by atoms with Gasteiger partial charge in [-0.05, 0) is 56.3 Å². The van der Waals surface area contributed by atoms with Crippen LogP contribution >= 0.6 is 0 Å². The van der Waals surface area contributed by atoms with Crippen LogP contribution < -0.4 is 11.0 Å². The summed E-state index contributed by atoms with van der Waals surface area (Å²) >= 11 is 0. The SMILES string of the molecule is Cc1ccc2cc(C)c3nn(CCNC(=O)CCn4nc(C)nc4C)c(=O)n3c2c1. The molecule has 0 unspecified atom stereocenters. The number of pyridine rings is 1. The Labute approximate surface area is 173 Å². The molecule has 9 heteroatoms. The van der Waals surface area contributed by atoms with Gasteiger partial charge in [-0.15, -0.1) is 5.10 Å². The van der Waals surface area contributed by atoms with Crippen molar-refractivity contribution in [1.82, 2.24) is 34.3 Å². The first-order valence-electron chi connectivity index (χ1n) is 9.98. The standard InChI is InChI=1S/C21H25N7O2/c1-13-5-6-17-12-14(2)20-25-27(21(30)28(20)18(17)11-13)10-8-22-19(29)7-9-26-16(4)23-15(3)24-26/h5-6,11-12H,7-10H2,1-4H3,(H,22,29). The highest BCUT2D eigenvalue weighted by atomic mass is 16.2. The smallest absolute Gasteiger partial charge is 0.350 e. The van der Waals surface area contributed by atoms with Gasteiger partial charge in [0.15, 0.2) is 5.65 Å². The number of amides is 1. The predicted molar refractivity (Wildman–Crippen MR) is 114 cm³/mol. The third kappa shape index (κ3) is 3.70. The Balaban J connectivity index is 1.46. The average Bonchev–Trinajstić information content (AvgIpc) is 3.20. The summed E-state index contributed by atoms with van der Waals surface area (Å²) in [7, 11) is 0.